The number of carboxylic acid groups (broad SMARTS) is 1. The van der Waals surface area contributed by atoms with Crippen LogP contribution in [0.25, 0.3) is 10.9 Å². The predicted octanol–water partition coefficient (Wildman–Crippen LogP) is 6.84. The molecule has 0 bridgehead atoms. The summed E-state index contributed by atoms with van der Waals surface area (Å²) < 4.78 is 5.36. The Bertz CT molecular complexity index is 1700. The summed E-state index contributed by atoms with van der Waals surface area (Å²) in [5, 5.41) is 20.8. The minimum absolute atomic E-state index is 0. The number of nitrogens with zero attached hydrogens (tertiary/aromatic N) is 1. The molecule has 0 saturated heterocycles. The molecule has 4 amide bonds. The zero-order valence-corrected chi connectivity index (χ0v) is 33.4. The highest BCUT2D eigenvalue weighted by Crippen LogP contribution is 2.25. The zero-order valence-electron chi connectivity index (χ0n) is 32.6. The van der Waals surface area contributed by atoms with Crippen LogP contribution in [0.5, 0.6) is 0 Å². The fourth-order valence-corrected chi connectivity index (χ4v) is 5.95. The Morgan fingerprint density at radius 1 is 0.818 bits per heavy atom. The van der Waals surface area contributed by atoms with Gasteiger partial charge in [0.1, 0.15) is 24.5 Å². The molecule has 3 rings (SSSR count). The van der Waals surface area contributed by atoms with E-state index in [1.165, 1.54) is 12.0 Å². The highest BCUT2D eigenvalue weighted by Gasteiger charge is 2.27. The van der Waals surface area contributed by atoms with Crippen molar-refractivity contribution in [2.75, 3.05) is 17.6 Å². The first-order valence-corrected chi connectivity index (χ1v) is 19.2. The van der Waals surface area contributed by atoms with Gasteiger partial charge in [0.05, 0.1) is 5.52 Å². The summed E-state index contributed by atoms with van der Waals surface area (Å²) in [6.07, 6.45) is 8.41. The summed E-state index contributed by atoms with van der Waals surface area (Å²) in [7, 11) is 0. The van der Waals surface area contributed by atoms with Crippen molar-refractivity contribution >= 4 is 64.6 Å². The van der Waals surface area contributed by atoms with Crippen LogP contribution in [0.4, 0.5) is 16.3 Å². The largest absolute Gasteiger partial charge is 0.481 e. The predicted molar refractivity (Wildman–Crippen MR) is 218 cm³/mol. The van der Waals surface area contributed by atoms with Crippen molar-refractivity contribution in [2.24, 2.45) is 5.92 Å². The van der Waals surface area contributed by atoms with Gasteiger partial charge in [-0.05, 0) is 98.7 Å². The van der Waals surface area contributed by atoms with Crippen LogP contribution in [0.15, 0.2) is 48.5 Å². The van der Waals surface area contributed by atoms with Crippen molar-refractivity contribution in [1.82, 2.24) is 20.9 Å². The van der Waals surface area contributed by atoms with E-state index in [4.69, 9.17) is 15.6 Å². The number of carbonyl (C=O) groups excluding carboxylic acids is 4. The smallest absolute Gasteiger partial charge is 0.407 e. The van der Waals surface area contributed by atoms with Crippen molar-refractivity contribution in [2.45, 2.75) is 123 Å². The summed E-state index contributed by atoms with van der Waals surface area (Å²) in [5.74, 6) is -1.83. The van der Waals surface area contributed by atoms with Crippen molar-refractivity contribution in [1.29, 1.82) is 0 Å². The standard InChI is InChI=1S/C41H58N6O7.ClH/c1-5-6-8-15-31-25-33-30(16-13-17-34(33)46-38(31)42)14-9-7-12-24-43-41(53)54-26-29-20-22-32(23-21-29)45-39(51)28(4)44-40(52)37(27(2)3)47-35(48)18-10-11-19-36(49)50;/h13,16-17,20-23,25,27-28,37H,5-12,14-15,18-19,24,26H2,1-4H3,(H2,42,46)(H,43,53)(H,44,52)(H,45,51)(H,47,48)(H,49,50);1H. The Balaban J connectivity index is 0.0000105. The normalized spacial score (nSPS) is 11.9. The molecule has 0 aliphatic carbocycles. The number of rotatable bonds is 23. The molecular weight excluding hydrogens is 724 g/mol. The maximum Gasteiger partial charge on any atom is 0.407 e. The van der Waals surface area contributed by atoms with Crippen molar-refractivity contribution in [3.05, 3.63) is 65.2 Å². The number of nitrogens with one attached hydrogen (secondary N) is 4. The van der Waals surface area contributed by atoms with Crippen LogP contribution in [0.3, 0.4) is 0 Å². The number of aliphatic carboxylic acids is 1. The molecule has 2 aromatic carbocycles. The van der Waals surface area contributed by atoms with Crippen molar-refractivity contribution < 1.29 is 33.8 Å². The molecule has 0 aliphatic rings. The van der Waals surface area contributed by atoms with Gasteiger partial charge in [-0.1, -0.05) is 64.3 Å². The molecule has 7 N–H and O–H groups in total. The number of nitrogens with two attached hydrogens (primary N) is 1. The first-order valence-electron chi connectivity index (χ1n) is 19.2. The zero-order chi connectivity index (χ0) is 39.5. The van der Waals surface area contributed by atoms with Crippen LogP contribution < -0.4 is 27.0 Å². The van der Waals surface area contributed by atoms with Crippen LogP contribution in [0.1, 0.15) is 109 Å². The number of unbranched alkanes of at least 4 members (excludes halogenated alkanes) is 5. The summed E-state index contributed by atoms with van der Waals surface area (Å²) in [5.41, 5.74) is 10.8. The van der Waals surface area contributed by atoms with Crippen molar-refractivity contribution in [3.8, 4) is 0 Å². The van der Waals surface area contributed by atoms with Gasteiger partial charge in [-0.2, -0.15) is 0 Å². The average molecular weight is 783 g/mol. The van der Waals surface area contributed by atoms with E-state index in [0.717, 1.165) is 67.0 Å². The Morgan fingerprint density at radius 3 is 2.20 bits per heavy atom. The highest BCUT2D eigenvalue weighted by atomic mass is 35.5. The topological polar surface area (TPSA) is 202 Å². The summed E-state index contributed by atoms with van der Waals surface area (Å²) in [4.78, 5) is 65.6. The average Bonchev–Trinajstić information content (AvgIpc) is 3.13. The Morgan fingerprint density at radius 2 is 1.51 bits per heavy atom. The number of aromatic nitrogens is 1. The number of halogens is 1. The molecule has 0 fully saturated rings. The molecule has 0 radical (unpaired) electrons. The number of alkyl carbamates (subject to hydrolysis) is 1. The Labute approximate surface area is 330 Å². The van der Waals surface area contributed by atoms with Crippen LogP contribution in [0.2, 0.25) is 0 Å². The summed E-state index contributed by atoms with van der Waals surface area (Å²) in [6, 6.07) is 13.5. The number of anilines is 2. The van der Waals surface area contributed by atoms with Gasteiger partial charge in [-0.15, -0.1) is 12.4 Å². The number of aryl methyl sites for hydroxylation is 2. The molecule has 0 aliphatic heterocycles. The first-order chi connectivity index (χ1) is 25.9. The van der Waals surface area contributed by atoms with Gasteiger partial charge >= 0.3 is 12.1 Å². The van der Waals surface area contributed by atoms with E-state index in [9.17, 15) is 24.0 Å². The van der Waals surface area contributed by atoms with Crippen LogP contribution >= 0.6 is 12.4 Å². The van der Waals surface area contributed by atoms with Gasteiger partial charge in [0.15, 0.2) is 0 Å². The molecule has 1 heterocycles. The number of benzene rings is 2. The molecule has 302 valence electrons. The number of ether oxygens (including phenoxy) is 1. The third kappa shape index (κ3) is 16.6. The molecule has 13 nitrogen and oxygen atoms in total. The van der Waals surface area contributed by atoms with Crippen LogP contribution in [0, 0.1) is 5.92 Å². The number of hydrogen-bond donors (Lipinski definition) is 6. The van der Waals surface area contributed by atoms with Gasteiger partial charge in [0.25, 0.3) is 0 Å². The van der Waals surface area contributed by atoms with E-state index in [1.54, 1.807) is 45.0 Å². The maximum atomic E-state index is 12.9. The van der Waals surface area contributed by atoms with Gasteiger partial charge in [-0.25, -0.2) is 9.78 Å². The molecule has 3 aromatic rings. The van der Waals surface area contributed by atoms with Gasteiger partial charge in [-0.3, -0.25) is 19.2 Å². The van der Waals surface area contributed by atoms with E-state index >= 15 is 0 Å². The van der Waals surface area contributed by atoms with E-state index in [0.29, 0.717) is 30.9 Å². The summed E-state index contributed by atoms with van der Waals surface area (Å²) in [6.45, 7) is 7.87. The number of hydrogen-bond acceptors (Lipinski definition) is 8. The molecule has 0 saturated carbocycles. The molecule has 14 heteroatoms. The second kappa shape index (κ2) is 24.5. The number of carboxylic acids is 1. The molecular formula is C41H59ClN6O7. The third-order valence-electron chi connectivity index (χ3n) is 9.16. The number of fused-ring (bicyclic) bond motifs is 1. The third-order valence-corrected chi connectivity index (χ3v) is 9.16. The fraction of sp³-hybridized carbons (Fsp3) is 0.512. The highest BCUT2D eigenvalue weighted by molar-refractivity contribution is 5.98. The number of amides is 4. The lowest BCUT2D eigenvalue weighted by Gasteiger charge is -2.24. The monoisotopic (exact) mass is 782 g/mol. The molecule has 55 heavy (non-hydrogen) atoms. The van der Waals surface area contributed by atoms with E-state index in [1.807, 2.05) is 12.1 Å². The minimum Gasteiger partial charge on any atom is -0.481 e. The van der Waals surface area contributed by atoms with E-state index < -0.39 is 36.0 Å². The van der Waals surface area contributed by atoms with E-state index in [2.05, 4.69) is 45.3 Å². The van der Waals surface area contributed by atoms with Gasteiger partial charge in [0.2, 0.25) is 17.7 Å². The minimum atomic E-state index is -0.921. The molecule has 1 aromatic heterocycles. The molecule has 0 spiro atoms. The first kappa shape index (κ1) is 46.2. The lowest BCUT2D eigenvalue weighted by molar-refractivity contribution is -0.137. The number of pyridine rings is 1. The van der Waals surface area contributed by atoms with Crippen LogP contribution in [-0.4, -0.2) is 58.5 Å². The lowest BCUT2D eigenvalue weighted by Crippen LogP contribution is -2.53. The number of nitrogen functional groups attached to an aromatic ring is 1. The quantitative estimate of drug-likeness (QED) is 0.0557. The summed E-state index contributed by atoms with van der Waals surface area (Å²) >= 11 is 0. The van der Waals surface area contributed by atoms with E-state index in [-0.39, 0.29) is 43.7 Å². The number of carbonyl (C=O) groups is 5. The Hall–Kier alpha value is -4.91. The maximum absolute atomic E-state index is 12.9. The van der Waals surface area contributed by atoms with Gasteiger partial charge < -0.3 is 36.8 Å². The molecule has 2 unspecified atom stereocenters. The Kier molecular flexibility index (Phi) is 20.6. The lowest BCUT2D eigenvalue weighted by atomic mass is 9.99. The molecule has 2 atom stereocenters. The second-order valence-corrected chi connectivity index (χ2v) is 14.1. The second-order valence-electron chi connectivity index (χ2n) is 14.1. The van der Waals surface area contributed by atoms with Gasteiger partial charge in [0, 0.05) is 30.5 Å². The SMILES string of the molecule is CCCCCc1cc2c(CCCCCNC(=O)OCc3ccc(NC(=O)C(C)NC(=O)C(NC(=O)CCCCC(=O)O)C(C)C)cc3)cccc2nc1N.Cl. The van der Waals surface area contributed by atoms with Crippen molar-refractivity contribution in [3.63, 3.8) is 0 Å². The fourth-order valence-electron chi connectivity index (χ4n) is 5.95. The van der Waals surface area contributed by atoms with Crippen LogP contribution in [-0.2, 0) is 43.4 Å².